The van der Waals surface area contributed by atoms with Crippen molar-refractivity contribution in [2.45, 2.75) is 90.3 Å². The van der Waals surface area contributed by atoms with E-state index >= 15 is 0 Å². The van der Waals surface area contributed by atoms with Crippen LogP contribution in [0.1, 0.15) is 82.3 Å². The quantitative estimate of drug-likeness (QED) is 0.563. The molecule has 2 rings (SSSR count). The fraction of sp³-hybridized carbons (Fsp3) is 0.700. The molecule has 0 bridgehead atoms. The van der Waals surface area contributed by atoms with E-state index in [9.17, 15) is 10.2 Å². The van der Waals surface area contributed by atoms with Crippen molar-refractivity contribution in [1.29, 1.82) is 0 Å². The third-order valence-electron chi connectivity index (χ3n) is 4.84. The van der Waals surface area contributed by atoms with Gasteiger partial charge in [0, 0.05) is 11.6 Å². The Morgan fingerprint density at radius 1 is 0.957 bits per heavy atom. The van der Waals surface area contributed by atoms with E-state index in [-0.39, 0.29) is 17.6 Å². The molecule has 0 spiro atoms. The number of ether oxygens (including phenoxy) is 1. The molecule has 2 N–H and O–H groups in total. The van der Waals surface area contributed by atoms with Crippen molar-refractivity contribution in [2.24, 2.45) is 0 Å². The van der Waals surface area contributed by atoms with Crippen molar-refractivity contribution in [2.75, 3.05) is 0 Å². The minimum absolute atomic E-state index is 0.143. The first kappa shape index (κ1) is 18.1. The van der Waals surface area contributed by atoms with Crippen LogP contribution in [0.5, 0.6) is 11.5 Å². The summed E-state index contributed by atoms with van der Waals surface area (Å²) in [5, 5.41) is 19.4. The molecule has 0 aromatic heterocycles. The summed E-state index contributed by atoms with van der Waals surface area (Å²) in [4.78, 5) is 0. The fourth-order valence-electron chi connectivity index (χ4n) is 3.42. The summed E-state index contributed by atoms with van der Waals surface area (Å²) < 4.78 is 5.86. The Morgan fingerprint density at radius 3 is 2.30 bits per heavy atom. The number of benzene rings is 1. The predicted molar refractivity (Wildman–Crippen MR) is 93.9 cm³/mol. The number of unbranched alkanes of at least 4 members (excludes halogenated alkanes) is 8. The molecule has 0 radical (unpaired) electrons. The summed E-state index contributed by atoms with van der Waals surface area (Å²) in [6, 6.07) is 3.16. The Morgan fingerprint density at radius 2 is 1.61 bits per heavy atom. The molecule has 0 fully saturated rings. The molecule has 1 aromatic carbocycles. The van der Waals surface area contributed by atoms with Gasteiger partial charge in [-0.25, -0.2) is 0 Å². The van der Waals surface area contributed by atoms with Crippen LogP contribution < -0.4 is 0 Å². The van der Waals surface area contributed by atoms with Gasteiger partial charge in [0.1, 0.15) is 11.5 Å². The van der Waals surface area contributed by atoms with Crippen molar-refractivity contribution >= 4 is 0 Å². The maximum atomic E-state index is 9.83. The number of hydrogen-bond acceptors (Lipinski definition) is 3. The number of phenols is 2. The highest BCUT2D eigenvalue weighted by Gasteiger charge is 2.21. The monoisotopic (exact) mass is 320 g/mol. The fourth-order valence-corrected chi connectivity index (χ4v) is 3.42. The Hall–Kier alpha value is -1.22. The van der Waals surface area contributed by atoms with Gasteiger partial charge in [0.15, 0.2) is 0 Å². The average molecular weight is 320 g/mol. The maximum absolute atomic E-state index is 9.83. The van der Waals surface area contributed by atoms with Crippen molar-refractivity contribution in [1.82, 2.24) is 0 Å². The van der Waals surface area contributed by atoms with Crippen LogP contribution in [-0.2, 0) is 17.8 Å². The van der Waals surface area contributed by atoms with Crippen molar-refractivity contribution in [3.05, 3.63) is 23.3 Å². The van der Waals surface area contributed by atoms with E-state index in [2.05, 4.69) is 6.92 Å². The van der Waals surface area contributed by atoms with Crippen LogP contribution in [0.2, 0.25) is 0 Å². The molecule has 1 aromatic rings. The lowest BCUT2D eigenvalue weighted by molar-refractivity contribution is 0.0204. The van der Waals surface area contributed by atoms with E-state index in [4.69, 9.17) is 4.74 Å². The first-order valence-corrected chi connectivity index (χ1v) is 9.36. The zero-order chi connectivity index (χ0) is 16.5. The molecule has 1 aliphatic heterocycles. The second-order valence-corrected chi connectivity index (χ2v) is 6.86. The Balaban J connectivity index is 1.59. The van der Waals surface area contributed by atoms with Crippen LogP contribution in [0, 0.1) is 0 Å². The summed E-state index contributed by atoms with van der Waals surface area (Å²) >= 11 is 0. The SMILES string of the molecule is CCCCCCCCCCCC1Cc2cc(O)cc(O)c2CO1. The second-order valence-electron chi connectivity index (χ2n) is 6.86. The van der Waals surface area contributed by atoms with Gasteiger partial charge < -0.3 is 14.9 Å². The van der Waals surface area contributed by atoms with Gasteiger partial charge in [-0.1, -0.05) is 64.7 Å². The van der Waals surface area contributed by atoms with E-state index in [0.717, 1.165) is 24.0 Å². The molecule has 1 heterocycles. The van der Waals surface area contributed by atoms with Gasteiger partial charge >= 0.3 is 0 Å². The molecule has 3 nitrogen and oxygen atoms in total. The predicted octanol–water partition coefficient (Wildman–Crippen LogP) is 5.46. The molecule has 23 heavy (non-hydrogen) atoms. The number of fused-ring (bicyclic) bond motifs is 1. The molecule has 0 saturated heterocycles. The first-order chi connectivity index (χ1) is 11.2. The van der Waals surface area contributed by atoms with Crippen LogP contribution >= 0.6 is 0 Å². The highest BCUT2D eigenvalue weighted by molar-refractivity contribution is 5.46. The van der Waals surface area contributed by atoms with E-state index in [1.807, 2.05) is 0 Å². The Bertz CT molecular complexity index is 470. The lowest BCUT2D eigenvalue weighted by atomic mass is 9.95. The van der Waals surface area contributed by atoms with Gasteiger partial charge in [-0.15, -0.1) is 0 Å². The first-order valence-electron chi connectivity index (χ1n) is 9.36. The summed E-state index contributed by atoms with van der Waals surface area (Å²) in [6.45, 7) is 2.72. The van der Waals surface area contributed by atoms with Gasteiger partial charge in [-0.05, 0) is 24.5 Å². The zero-order valence-electron chi connectivity index (χ0n) is 14.5. The topological polar surface area (TPSA) is 49.7 Å². The minimum atomic E-state index is 0.143. The molecule has 3 heteroatoms. The summed E-state index contributed by atoms with van der Waals surface area (Å²) in [5.74, 6) is 0.298. The van der Waals surface area contributed by atoms with Crippen LogP contribution in [-0.4, -0.2) is 16.3 Å². The molecule has 0 saturated carbocycles. The largest absolute Gasteiger partial charge is 0.508 e. The highest BCUT2D eigenvalue weighted by atomic mass is 16.5. The standard InChI is InChI=1S/C20H32O3/c1-2-3-4-5-6-7-8-9-10-11-18-13-16-12-17(21)14-20(22)19(16)15-23-18/h12,14,18,21-22H,2-11,13,15H2,1H3. The third-order valence-corrected chi connectivity index (χ3v) is 4.84. The second kappa shape index (κ2) is 9.82. The smallest absolute Gasteiger partial charge is 0.125 e. The van der Waals surface area contributed by atoms with Crippen molar-refractivity contribution in [3.63, 3.8) is 0 Å². The number of hydrogen-bond donors (Lipinski definition) is 2. The van der Waals surface area contributed by atoms with E-state index in [1.165, 1.54) is 63.9 Å². The number of rotatable bonds is 10. The summed E-state index contributed by atoms with van der Waals surface area (Å²) in [5.41, 5.74) is 1.88. The van der Waals surface area contributed by atoms with E-state index in [1.54, 1.807) is 6.07 Å². The van der Waals surface area contributed by atoms with Crippen LogP contribution in [0.4, 0.5) is 0 Å². The lowest BCUT2D eigenvalue weighted by Crippen LogP contribution is -2.22. The molecular weight excluding hydrogens is 288 g/mol. The molecule has 1 unspecified atom stereocenters. The van der Waals surface area contributed by atoms with Gasteiger partial charge in [-0.3, -0.25) is 0 Å². The number of phenolic OH excluding ortho intramolecular Hbond substituents is 2. The molecule has 1 aliphatic rings. The summed E-state index contributed by atoms with van der Waals surface area (Å²) in [7, 11) is 0. The normalized spacial score (nSPS) is 17.2. The highest BCUT2D eigenvalue weighted by Crippen LogP contribution is 2.33. The van der Waals surface area contributed by atoms with Gasteiger partial charge in [-0.2, -0.15) is 0 Å². The molecule has 0 aliphatic carbocycles. The third kappa shape index (κ3) is 6.06. The Labute approximate surface area is 140 Å². The van der Waals surface area contributed by atoms with Gasteiger partial charge in [0.25, 0.3) is 0 Å². The molecule has 130 valence electrons. The summed E-state index contributed by atoms with van der Waals surface area (Å²) in [6.07, 6.45) is 14.2. The molecular formula is C20H32O3. The van der Waals surface area contributed by atoms with Crippen molar-refractivity contribution < 1.29 is 14.9 Å². The van der Waals surface area contributed by atoms with Crippen LogP contribution in [0.3, 0.4) is 0 Å². The molecule has 0 amide bonds. The van der Waals surface area contributed by atoms with Crippen molar-refractivity contribution in [3.8, 4) is 11.5 Å². The zero-order valence-corrected chi connectivity index (χ0v) is 14.5. The molecule has 1 atom stereocenters. The lowest BCUT2D eigenvalue weighted by Gasteiger charge is -2.26. The van der Waals surface area contributed by atoms with Crippen LogP contribution in [0.15, 0.2) is 12.1 Å². The minimum Gasteiger partial charge on any atom is -0.508 e. The van der Waals surface area contributed by atoms with E-state index in [0.29, 0.717) is 6.61 Å². The average Bonchev–Trinajstić information content (AvgIpc) is 2.53. The van der Waals surface area contributed by atoms with Crippen LogP contribution in [0.25, 0.3) is 0 Å². The maximum Gasteiger partial charge on any atom is 0.125 e. The Kier molecular flexibility index (Phi) is 7.73. The van der Waals surface area contributed by atoms with Gasteiger partial charge in [0.2, 0.25) is 0 Å². The van der Waals surface area contributed by atoms with E-state index < -0.39 is 0 Å². The van der Waals surface area contributed by atoms with Gasteiger partial charge in [0.05, 0.1) is 12.7 Å². The number of aromatic hydroxyl groups is 2.